The van der Waals surface area contributed by atoms with Gasteiger partial charge in [-0.1, -0.05) is 6.07 Å². The summed E-state index contributed by atoms with van der Waals surface area (Å²) in [6.07, 6.45) is 1.57. The van der Waals surface area contributed by atoms with E-state index in [-0.39, 0.29) is 28.0 Å². The molecule has 9 heteroatoms. The third-order valence-electron chi connectivity index (χ3n) is 3.72. The number of sulfonamides is 1. The van der Waals surface area contributed by atoms with Crippen LogP contribution < -0.4 is 9.46 Å². The standard InChI is InChI=1S/C17H17NO6S2/c1-23-14-7-4-11(9-16(14)26(21,22)18-12-5-6-12)17(20)24-10-13(19)15-3-2-8-25-15/h2-4,7-9,12,18H,5-6,10H2,1H3. The minimum Gasteiger partial charge on any atom is -0.495 e. The summed E-state index contributed by atoms with van der Waals surface area (Å²) >= 11 is 1.26. The number of hydrogen-bond donors (Lipinski definition) is 1. The lowest BCUT2D eigenvalue weighted by Crippen LogP contribution is -2.26. The lowest BCUT2D eigenvalue weighted by atomic mass is 10.2. The van der Waals surface area contributed by atoms with Gasteiger partial charge in [-0.05, 0) is 42.5 Å². The van der Waals surface area contributed by atoms with Crippen LogP contribution in [0.1, 0.15) is 32.9 Å². The molecule has 1 heterocycles. The zero-order chi connectivity index (χ0) is 18.7. The Bertz CT molecular complexity index is 917. The largest absolute Gasteiger partial charge is 0.495 e. The highest BCUT2D eigenvalue weighted by Crippen LogP contribution is 2.28. The first kappa shape index (κ1) is 18.6. The fourth-order valence-corrected chi connectivity index (χ4v) is 4.37. The van der Waals surface area contributed by atoms with Crippen molar-refractivity contribution in [1.29, 1.82) is 0 Å². The number of rotatable bonds is 8. The van der Waals surface area contributed by atoms with Crippen LogP contribution in [0.25, 0.3) is 0 Å². The zero-order valence-corrected chi connectivity index (χ0v) is 15.6. The van der Waals surface area contributed by atoms with Crippen molar-refractivity contribution in [2.75, 3.05) is 13.7 Å². The topological polar surface area (TPSA) is 98.8 Å². The second-order valence-corrected chi connectivity index (χ2v) is 8.37. The molecule has 0 amide bonds. The molecule has 1 aromatic carbocycles. The van der Waals surface area contributed by atoms with Crippen LogP contribution in [-0.2, 0) is 14.8 Å². The van der Waals surface area contributed by atoms with Crippen molar-refractivity contribution < 1.29 is 27.5 Å². The third-order valence-corrected chi connectivity index (χ3v) is 6.17. The van der Waals surface area contributed by atoms with Crippen LogP contribution in [0.4, 0.5) is 0 Å². The van der Waals surface area contributed by atoms with Gasteiger partial charge in [-0.3, -0.25) is 4.79 Å². The van der Waals surface area contributed by atoms with Gasteiger partial charge in [-0.15, -0.1) is 11.3 Å². The number of benzene rings is 1. The van der Waals surface area contributed by atoms with Crippen molar-refractivity contribution in [2.45, 2.75) is 23.8 Å². The van der Waals surface area contributed by atoms with E-state index >= 15 is 0 Å². The SMILES string of the molecule is COc1ccc(C(=O)OCC(=O)c2cccs2)cc1S(=O)(=O)NC1CC1. The second-order valence-electron chi connectivity index (χ2n) is 5.74. The van der Waals surface area contributed by atoms with Gasteiger partial charge in [-0.2, -0.15) is 0 Å². The van der Waals surface area contributed by atoms with Crippen molar-refractivity contribution in [1.82, 2.24) is 4.72 Å². The first-order valence-electron chi connectivity index (χ1n) is 7.85. The van der Waals surface area contributed by atoms with Gasteiger partial charge in [0.05, 0.1) is 17.6 Å². The number of methoxy groups -OCH3 is 1. The van der Waals surface area contributed by atoms with Gasteiger partial charge in [0, 0.05) is 6.04 Å². The molecule has 1 fully saturated rings. The van der Waals surface area contributed by atoms with Gasteiger partial charge in [0.2, 0.25) is 15.8 Å². The molecule has 2 aromatic rings. The minimum absolute atomic E-state index is 0.0287. The highest BCUT2D eigenvalue weighted by atomic mass is 32.2. The molecular weight excluding hydrogens is 378 g/mol. The summed E-state index contributed by atoms with van der Waals surface area (Å²) < 4.78 is 37.6. The molecule has 0 spiro atoms. The number of thiophene rings is 1. The first-order chi connectivity index (χ1) is 12.4. The maximum absolute atomic E-state index is 12.5. The van der Waals surface area contributed by atoms with Gasteiger partial charge >= 0.3 is 5.97 Å². The Morgan fingerprint density at radius 3 is 2.65 bits per heavy atom. The van der Waals surface area contributed by atoms with E-state index in [1.54, 1.807) is 17.5 Å². The molecule has 0 radical (unpaired) electrons. The average molecular weight is 395 g/mol. The smallest absolute Gasteiger partial charge is 0.338 e. The maximum atomic E-state index is 12.5. The number of esters is 1. The molecule has 1 saturated carbocycles. The number of carbonyl (C=O) groups excluding carboxylic acids is 2. The number of ether oxygens (including phenoxy) is 2. The first-order valence-corrected chi connectivity index (χ1v) is 10.2. The summed E-state index contributed by atoms with van der Waals surface area (Å²) in [7, 11) is -2.46. The number of nitrogens with one attached hydrogen (secondary N) is 1. The fraction of sp³-hybridized carbons (Fsp3) is 0.294. The molecule has 0 atom stereocenters. The Kier molecular flexibility index (Phi) is 5.40. The minimum atomic E-state index is -3.81. The average Bonchev–Trinajstić information content (AvgIpc) is 3.25. The molecular formula is C17H17NO6S2. The number of ketones is 1. The summed E-state index contributed by atoms with van der Waals surface area (Å²) in [6, 6.07) is 7.27. The fourth-order valence-electron chi connectivity index (χ4n) is 2.22. The Balaban J connectivity index is 1.76. The van der Waals surface area contributed by atoms with Crippen LogP contribution in [-0.4, -0.2) is 39.9 Å². The monoisotopic (exact) mass is 395 g/mol. The normalized spacial score (nSPS) is 14.0. The molecule has 0 bridgehead atoms. The summed E-state index contributed by atoms with van der Waals surface area (Å²) in [5.41, 5.74) is 0.0287. The molecule has 3 rings (SSSR count). The highest BCUT2D eigenvalue weighted by molar-refractivity contribution is 7.89. The predicted molar refractivity (Wildman–Crippen MR) is 95.3 cm³/mol. The lowest BCUT2D eigenvalue weighted by molar-refractivity contribution is 0.0475. The van der Waals surface area contributed by atoms with Crippen LogP contribution in [0.15, 0.2) is 40.6 Å². The van der Waals surface area contributed by atoms with Crippen molar-refractivity contribution in [3.8, 4) is 5.75 Å². The van der Waals surface area contributed by atoms with E-state index in [0.717, 1.165) is 12.8 Å². The summed E-state index contributed by atoms with van der Waals surface area (Å²) in [4.78, 5) is 24.5. The molecule has 1 aliphatic carbocycles. The summed E-state index contributed by atoms with van der Waals surface area (Å²) in [6.45, 7) is -0.409. The van der Waals surface area contributed by atoms with Crippen LogP contribution in [0.2, 0.25) is 0 Å². The van der Waals surface area contributed by atoms with Gasteiger partial charge in [0.25, 0.3) is 0 Å². The summed E-state index contributed by atoms with van der Waals surface area (Å²) in [5.74, 6) is -0.963. The van der Waals surface area contributed by atoms with Crippen molar-refractivity contribution >= 4 is 33.1 Å². The molecule has 26 heavy (non-hydrogen) atoms. The Morgan fingerprint density at radius 1 is 1.27 bits per heavy atom. The van der Waals surface area contributed by atoms with E-state index in [2.05, 4.69) is 4.72 Å². The van der Waals surface area contributed by atoms with Crippen LogP contribution in [0, 0.1) is 0 Å². The molecule has 0 saturated heterocycles. The van der Waals surface area contributed by atoms with Crippen LogP contribution in [0.3, 0.4) is 0 Å². The quantitative estimate of drug-likeness (QED) is 0.544. The van der Waals surface area contributed by atoms with E-state index in [1.165, 1.54) is 36.6 Å². The van der Waals surface area contributed by atoms with E-state index < -0.39 is 22.6 Å². The molecule has 7 nitrogen and oxygen atoms in total. The molecule has 0 unspecified atom stereocenters. The Hall–Kier alpha value is -2.23. The van der Waals surface area contributed by atoms with E-state index in [1.807, 2.05) is 0 Å². The Labute approximate surface area is 155 Å². The second kappa shape index (κ2) is 7.56. The van der Waals surface area contributed by atoms with Crippen LogP contribution >= 0.6 is 11.3 Å². The molecule has 1 aliphatic rings. The number of Topliss-reactive ketones (excluding diaryl/α,β-unsaturated/α-hetero) is 1. The predicted octanol–water partition coefficient (Wildman–Crippen LogP) is 2.24. The van der Waals surface area contributed by atoms with Gasteiger partial charge in [-0.25, -0.2) is 17.9 Å². The van der Waals surface area contributed by atoms with Crippen molar-refractivity contribution in [3.05, 3.63) is 46.2 Å². The van der Waals surface area contributed by atoms with E-state index in [9.17, 15) is 18.0 Å². The van der Waals surface area contributed by atoms with Crippen LogP contribution in [0.5, 0.6) is 5.75 Å². The molecule has 0 aliphatic heterocycles. The lowest BCUT2D eigenvalue weighted by Gasteiger charge is -2.12. The molecule has 1 N–H and O–H groups in total. The van der Waals surface area contributed by atoms with Gasteiger partial charge in [0.1, 0.15) is 10.6 Å². The van der Waals surface area contributed by atoms with Crippen molar-refractivity contribution in [2.24, 2.45) is 0 Å². The number of hydrogen-bond acceptors (Lipinski definition) is 7. The zero-order valence-electron chi connectivity index (χ0n) is 13.9. The van der Waals surface area contributed by atoms with E-state index in [0.29, 0.717) is 4.88 Å². The Morgan fingerprint density at radius 2 is 2.04 bits per heavy atom. The highest BCUT2D eigenvalue weighted by Gasteiger charge is 2.30. The van der Waals surface area contributed by atoms with Gasteiger partial charge in [0.15, 0.2) is 6.61 Å². The van der Waals surface area contributed by atoms with E-state index in [4.69, 9.17) is 9.47 Å². The maximum Gasteiger partial charge on any atom is 0.338 e. The third kappa shape index (κ3) is 4.29. The number of carbonyl (C=O) groups is 2. The van der Waals surface area contributed by atoms with Crippen molar-refractivity contribution in [3.63, 3.8) is 0 Å². The molecule has 138 valence electrons. The van der Waals surface area contributed by atoms with Gasteiger partial charge < -0.3 is 9.47 Å². The summed E-state index contributed by atoms with van der Waals surface area (Å²) in [5, 5.41) is 1.75. The molecule has 1 aromatic heterocycles.